The normalized spacial score (nSPS) is 14.2. The number of carbonyl (C=O) groups is 2. The molecule has 2 rings (SSSR count). The fraction of sp³-hybridized carbons (Fsp3) is 0.611. The Balaban J connectivity index is 1.64. The highest BCUT2D eigenvalue weighted by Gasteiger charge is 2.23. The van der Waals surface area contributed by atoms with Gasteiger partial charge >= 0.3 is 12.0 Å². The van der Waals surface area contributed by atoms with Crippen molar-refractivity contribution in [1.29, 1.82) is 0 Å². The van der Waals surface area contributed by atoms with Crippen molar-refractivity contribution in [3.63, 3.8) is 0 Å². The SMILES string of the molecule is CCOC(=O)CCCCCNC(=O)N1CCN(c2c(Cl)cncc2Cl)CC1. The zero-order chi connectivity index (χ0) is 19.6. The third-order valence-corrected chi connectivity index (χ3v) is 4.90. The topological polar surface area (TPSA) is 74.8 Å². The average molecular weight is 417 g/mol. The summed E-state index contributed by atoms with van der Waals surface area (Å²) >= 11 is 12.4. The molecule has 1 aliphatic heterocycles. The van der Waals surface area contributed by atoms with Crippen LogP contribution < -0.4 is 10.2 Å². The van der Waals surface area contributed by atoms with Gasteiger partial charge in [0, 0.05) is 51.5 Å². The number of hydrogen-bond acceptors (Lipinski definition) is 5. The number of aromatic nitrogens is 1. The number of halogens is 2. The first kappa shape index (κ1) is 21.6. The molecule has 0 saturated carbocycles. The van der Waals surface area contributed by atoms with Crippen LogP contribution in [0.3, 0.4) is 0 Å². The fourth-order valence-electron chi connectivity index (χ4n) is 2.95. The minimum absolute atomic E-state index is 0.0630. The van der Waals surface area contributed by atoms with Crippen molar-refractivity contribution in [3.05, 3.63) is 22.4 Å². The molecule has 0 aromatic carbocycles. The highest BCUT2D eigenvalue weighted by Crippen LogP contribution is 2.32. The maximum atomic E-state index is 12.3. The molecule has 2 amide bonds. The van der Waals surface area contributed by atoms with E-state index in [0.717, 1.165) is 24.9 Å². The Morgan fingerprint density at radius 2 is 1.78 bits per heavy atom. The number of amides is 2. The molecule has 0 atom stereocenters. The Labute approximate surface area is 170 Å². The van der Waals surface area contributed by atoms with Gasteiger partial charge in [0.05, 0.1) is 22.3 Å². The molecule has 2 heterocycles. The number of anilines is 1. The van der Waals surface area contributed by atoms with Crippen molar-refractivity contribution in [2.24, 2.45) is 0 Å². The number of piperazine rings is 1. The summed E-state index contributed by atoms with van der Waals surface area (Å²) in [4.78, 5) is 31.3. The number of esters is 1. The second kappa shape index (κ2) is 11.2. The van der Waals surface area contributed by atoms with E-state index in [2.05, 4.69) is 15.2 Å². The molecule has 1 fully saturated rings. The summed E-state index contributed by atoms with van der Waals surface area (Å²) in [6.45, 7) is 5.35. The van der Waals surface area contributed by atoms with E-state index < -0.39 is 0 Å². The smallest absolute Gasteiger partial charge is 0.317 e. The van der Waals surface area contributed by atoms with Gasteiger partial charge in [0.25, 0.3) is 0 Å². The van der Waals surface area contributed by atoms with Crippen LogP contribution in [0.4, 0.5) is 10.5 Å². The predicted octanol–water partition coefficient (Wildman–Crippen LogP) is 3.34. The summed E-state index contributed by atoms with van der Waals surface area (Å²) in [6, 6.07) is -0.0630. The molecule has 1 aliphatic rings. The molecular weight excluding hydrogens is 391 g/mol. The first-order chi connectivity index (χ1) is 13.0. The molecule has 1 aromatic heterocycles. The number of carbonyl (C=O) groups excluding carboxylic acids is 2. The lowest BCUT2D eigenvalue weighted by atomic mass is 10.2. The molecule has 1 saturated heterocycles. The average Bonchev–Trinajstić information content (AvgIpc) is 2.65. The quantitative estimate of drug-likeness (QED) is 0.519. The molecule has 150 valence electrons. The number of nitrogens with zero attached hydrogens (tertiary/aromatic N) is 3. The Morgan fingerprint density at radius 3 is 2.41 bits per heavy atom. The van der Waals surface area contributed by atoms with E-state index in [9.17, 15) is 9.59 Å². The van der Waals surface area contributed by atoms with Crippen LogP contribution >= 0.6 is 23.2 Å². The zero-order valence-corrected chi connectivity index (χ0v) is 17.1. The third kappa shape index (κ3) is 6.74. The van der Waals surface area contributed by atoms with Gasteiger partial charge in [0.1, 0.15) is 0 Å². The molecular formula is C18H26Cl2N4O3. The summed E-state index contributed by atoms with van der Waals surface area (Å²) in [5.41, 5.74) is 0.773. The van der Waals surface area contributed by atoms with Crippen LogP contribution in [0.2, 0.25) is 10.0 Å². The van der Waals surface area contributed by atoms with Crippen molar-refractivity contribution in [1.82, 2.24) is 15.2 Å². The number of ether oxygens (including phenoxy) is 1. The molecule has 27 heavy (non-hydrogen) atoms. The van der Waals surface area contributed by atoms with Gasteiger partial charge in [-0.25, -0.2) is 4.79 Å². The van der Waals surface area contributed by atoms with E-state index in [0.29, 0.717) is 55.8 Å². The van der Waals surface area contributed by atoms with Crippen LogP contribution in [-0.2, 0) is 9.53 Å². The van der Waals surface area contributed by atoms with Crippen LogP contribution in [0.15, 0.2) is 12.4 Å². The minimum Gasteiger partial charge on any atom is -0.466 e. The molecule has 0 unspecified atom stereocenters. The summed E-state index contributed by atoms with van der Waals surface area (Å²) in [7, 11) is 0. The first-order valence-electron chi connectivity index (χ1n) is 9.25. The number of rotatable bonds is 8. The van der Waals surface area contributed by atoms with E-state index in [1.807, 2.05) is 0 Å². The van der Waals surface area contributed by atoms with Gasteiger partial charge < -0.3 is 19.9 Å². The Bertz CT molecular complexity index is 617. The lowest BCUT2D eigenvalue weighted by molar-refractivity contribution is -0.143. The van der Waals surface area contributed by atoms with Gasteiger partial charge in [-0.3, -0.25) is 9.78 Å². The van der Waals surface area contributed by atoms with Gasteiger partial charge in [-0.05, 0) is 19.8 Å². The highest BCUT2D eigenvalue weighted by molar-refractivity contribution is 6.38. The number of unbranched alkanes of at least 4 members (excludes halogenated alkanes) is 2. The standard InChI is InChI=1S/C18H26Cl2N4O3/c1-2-27-16(25)6-4-3-5-7-22-18(26)24-10-8-23(9-11-24)17-14(19)12-21-13-15(17)20/h12-13H,2-11H2,1H3,(H,22,26). The molecule has 0 spiro atoms. The summed E-state index contributed by atoms with van der Waals surface area (Å²) in [6.07, 6.45) is 6.08. The van der Waals surface area contributed by atoms with Gasteiger partial charge in [-0.1, -0.05) is 29.6 Å². The Hall–Kier alpha value is -1.73. The van der Waals surface area contributed by atoms with E-state index in [-0.39, 0.29) is 12.0 Å². The van der Waals surface area contributed by atoms with Crippen LogP contribution in [0, 0.1) is 0 Å². The number of urea groups is 1. The van der Waals surface area contributed by atoms with Crippen molar-refractivity contribution >= 4 is 40.9 Å². The number of nitrogens with one attached hydrogen (secondary N) is 1. The maximum Gasteiger partial charge on any atom is 0.317 e. The minimum atomic E-state index is -0.159. The second-order valence-electron chi connectivity index (χ2n) is 6.27. The van der Waals surface area contributed by atoms with Gasteiger partial charge in [0.15, 0.2) is 0 Å². The molecule has 0 aliphatic carbocycles. The number of hydrogen-bond donors (Lipinski definition) is 1. The number of pyridine rings is 1. The summed E-state index contributed by atoms with van der Waals surface area (Å²) in [5.74, 6) is -0.159. The molecule has 0 radical (unpaired) electrons. The monoisotopic (exact) mass is 416 g/mol. The van der Waals surface area contributed by atoms with Gasteiger partial charge in [-0.2, -0.15) is 0 Å². The largest absolute Gasteiger partial charge is 0.466 e. The lowest BCUT2D eigenvalue weighted by Gasteiger charge is -2.36. The molecule has 1 N–H and O–H groups in total. The van der Waals surface area contributed by atoms with Crippen LogP contribution in [-0.4, -0.2) is 61.2 Å². The van der Waals surface area contributed by atoms with Crippen molar-refractivity contribution in [3.8, 4) is 0 Å². The molecule has 1 aromatic rings. The molecule has 0 bridgehead atoms. The van der Waals surface area contributed by atoms with Crippen molar-refractivity contribution in [2.45, 2.75) is 32.6 Å². The van der Waals surface area contributed by atoms with E-state index in [1.165, 1.54) is 0 Å². The lowest BCUT2D eigenvalue weighted by Crippen LogP contribution is -2.52. The molecule has 7 nitrogen and oxygen atoms in total. The second-order valence-corrected chi connectivity index (χ2v) is 7.09. The van der Waals surface area contributed by atoms with Crippen LogP contribution in [0.5, 0.6) is 0 Å². The fourth-order valence-corrected chi connectivity index (χ4v) is 3.55. The zero-order valence-electron chi connectivity index (χ0n) is 15.5. The van der Waals surface area contributed by atoms with Gasteiger partial charge in [0.2, 0.25) is 0 Å². The summed E-state index contributed by atoms with van der Waals surface area (Å²) in [5, 5.41) is 3.97. The van der Waals surface area contributed by atoms with Crippen molar-refractivity contribution < 1.29 is 14.3 Å². The van der Waals surface area contributed by atoms with E-state index in [4.69, 9.17) is 27.9 Å². The maximum absolute atomic E-state index is 12.3. The van der Waals surface area contributed by atoms with E-state index in [1.54, 1.807) is 24.2 Å². The predicted molar refractivity (Wildman–Crippen MR) is 107 cm³/mol. The third-order valence-electron chi connectivity index (χ3n) is 4.35. The summed E-state index contributed by atoms with van der Waals surface area (Å²) < 4.78 is 4.88. The highest BCUT2D eigenvalue weighted by atomic mass is 35.5. The van der Waals surface area contributed by atoms with E-state index >= 15 is 0 Å². The molecule has 9 heteroatoms. The van der Waals surface area contributed by atoms with Crippen LogP contribution in [0.1, 0.15) is 32.6 Å². The van der Waals surface area contributed by atoms with Crippen molar-refractivity contribution in [2.75, 3.05) is 44.2 Å². The van der Waals surface area contributed by atoms with Gasteiger partial charge in [-0.15, -0.1) is 0 Å². The Kier molecular flexibility index (Phi) is 8.94. The first-order valence-corrected chi connectivity index (χ1v) is 10.0. The van der Waals surface area contributed by atoms with Crippen LogP contribution in [0.25, 0.3) is 0 Å². The Morgan fingerprint density at radius 1 is 1.11 bits per heavy atom.